The topological polar surface area (TPSA) is 26.3 Å². The molecule has 0 fully saturated rings. The predicted octanol–water partition coefficient (Wildman–Crippen LogP) is 3.39. The molecule has 1 heterocycles. The molecule has 0 spiro atoms. The van der Waals surface area contributed by atoms with Gasteiger partial charge in [0, 0.05) is 6.42 Å². The van der Waals surface area contributed by atoms with Crippen molar-refractivity contribution in [2.45, 2.75) is 18.9 Å². The van der Waals surface area contributed by atoms with E-state index >= 15 is 0 Å². The number of ketones is 1. The number of hydrogen-bond donors (Lipinski definition) is 0. The van der Waals surface area contributed by atoms with Crippen LogP contribution in [0.15, 0.2) is 42.5 Å². The van der Waals surface area contributed by atoms with E-state index in [0.717, 1.165) is 23.6 Å². The van der Waals surface area contributed by atoms with Crippen molar-refractivity contribution >= 4 is 5.78 Å². The van der Waals surface area contributed by atoms with Crippen LogP contribution in [0, 0.1) is 11.6 Å². The molecule has 2 aromatic carbocycles. The average molecular weight is 288 g/mol. The maximum atomic E-state index is 13.7. The SMILES string of the molecule is O=C(Cc1cccc(F)c1F)C1OCCc2ccccc21. The highest BCUT2D eigenvalue weighted by atomic mass is 19.2. The summed E-state index contributed by atoms with van der Waals surface area (Å²) in [6, 6.07) is 11.4. The van der Waals surface area contributed by atoms with Crippen LogP contribution in [0.25, 0.3) is 0 Å². The Labute approximate surface area is 121 Å². The third-order valence-corrected chi connectivity index (χ3v) is 3.68. The Bertz CT molecular complexity index is 682. The van der Waals surface area contributed by atoms with Gasteiger partial charge >= 0.3 is 0 Å². The zero-order chi connectivity index (χ0) is 14.8. The van der Waals surface area contributed by atoms with Crippen molar-refractivity contribution in [3.05, 3.63) is 70.8 Å². The number of ether oxygens (including phenoxy) is 1. The lowest BCUT2D eigenvalue weighted by molar-refractivity contribution is -0.131. The van der Waals surface area contributed by atoms with Crippen LogP contribution in [0.1, 0.15) is 22.8 Å². The van der Waals surface area contributed by atoms with E-state index in [0.29, 0.717) is 6.61 Å². The Hall–Kier alpha value is -2.07. The van der Waals surface area contributed by atoms with E-state index in [1.807, 2.05) is 24.3 Å². The van der Waals surface area contributed by atoms with E-state index in [1.165, 1.54) is 12.1 Å². The first kappa shape index (κ1) is 13.9. The van der Waals surface area contributed by atoms with Crippen molar-refractivity contribution in [1.82, 2.24) is 0 Å². The van der Waals surface area contributed by atoms with Crippen molar-refractivity contribution in [1.29, 1.82) is 0 Å². The first-order valence-electron chi connectivity index (χ1n) is 6.82. The molecule has 0 N–H and O–H groups in total. The Morgan fingerprint density at radius 2 is 1.95 bits per heavy atom. The fraction of sp³-hybridized carbons (Fsp3) is 0.235. The van der Waals surface area contributed by atoms with Gasteiger partial charge in [-0.2, -0.15) is 0 Å². The van der Waals surface area contributed by atoms with Gasteiger partial charge in [0.25, 0.3) is 0 Å². The second-order valence-corrected chi connectivity index (χ2v) is 5.06. The smallest absolute Gasteiger partial charge is 0.170 e. The molecule has 0 aromatic heterocycles. The number of rotatable bonds is 3. The molecule has 0 bridgehead atoms. The number of hydrogen-bond acceptors (Lipinski definition) is 2. The summed E-state index contributed by atoms with van der Waals surface area (Å²) >= 11 is 0. The summed E-state index contributed by atoms with van der Waals surface area (Å²) in [5, 5.41) is 0. The lowest BCUT2D eigenvalue weighted by Crippen LogP contribution is -2.25. The van der Waals surface area contributed by atoms with Crippen molar-refractivity contribution in [3.8, 4) is 0 Å². The van der Waals surface area contributed by atoms with Crippen molar-refractivity contribution in [2.75, 3.05) is 6.61 Å². The van der Waals surface area contributed by atoms with E-state index in [4.69, 9.17) is 4.74 Å². The quantitative estimate of drug-likeness (QED) is 0.865. The molecule has 0 amide bonds. The van der Waals surface area contributed by atoms with Crippen LogP contribution in [-0.4, -0.2) is 12.4 Å². The summed E-state index contributed by atoms with van der Waals surface area (Å²) < 4.78 is 32.4. The molecular formula is C17H14F2O2. The van der Waals surface area contributed by atoms with Gasteiger partial charge < -0.3 is 4.74 Å². The molecule has 3 rings (SSSR count). The molecule has 0 radical (unpaired) electrons. The van der Waals surface area contributed by atoms with Gasteiger partial charge in [0.2, 0.25) is 0 Å². The Balaban J connectivity index is 1.85. The van der Waals surface area contributed by atoms with Gasteiger partial charge in [-0.15, -0.1) is 0 Å². The van der Waals surface area contributed by atoms with E-state index in [2.05, 4.69) is 0 Å². The molecule has 108 valence electrons. The molecule has 21 heavy (non-hydrogen) atoms. The first-order valence-corrected chi connectivity index (χ1v) is 6.82. The van der Waals surface area contributed by atoms with Crippen LogP contribution in [0.3, 0.4) is 0 Å². The van der Waals surface area contributed by atoms with E-state index in [1.54, 1.807) is 0 Å². The summed E-state index contributed by atoms with van der Waals surface area (Å²) in [4.78, 5) is 12.4. The molecule has 4 heteroatoms. The van der Waals surface area contributed by atoms with Gasteiger partial charge in [0.05, 0.1) is 6.61 Å². The monoisotopic (exact) mass is 288 g/mol. The third-order valence-electron chi connectivity index (χ3n) is 3.68. The maximum absolute atomic E-state index is 13.7. The van der Waals surface area contributed by atoms with Crippen LogP contribution >= 0.6 is 0 Å². The van der Waals surface area contributed by atoms with E-state index < -0.39 is 17.7 Å². The second kappa shape index (κ2) is 5.74. The van der Waals surface area contributed by atoms with Gasteiger partial charge in [0.1, 0.15) is 6.10 Å². The molecular weight excluding hydrogens is 274 g/mol. The molecule has 1 atom stereocenters. The zero-order valence-electron chi connectivity index (χ0n) is 11.3. The fourth-order valence-electron chi connectivity index (χ4n) is 2.63. The van der Waals surface area contributed by atoms with Crippen molar-refractivity contribution in [3.63, 3.8) is 0 Å². The minimum atomic E-state index is -0.963. The molecule has 0 saturated heterocycles. The van der Waals surface area contributed by atoms with Crippen LogP contribution in [-0.2, 0) is 22.4 Å². The summed E-state index contributed by atoms with van der Waals surface area (Å²) in [5.74, 6) is -2.16. The Morgan fingerprint density at radius 1 is 1.14 bits per heavy atom. The summed E-state index contributed by atoms with van der Waals surface area (Å²) in [7, 11) is 0. The Kier molecular flexibility index (Phi) is 3.80. The van der Waals surface area contributed by atoms with Gasteiger partial charge in [-0.3, -0.25) is 4.79 Å². The van der Waals surface area contributed by atoms with Gasteiger partial charge in [-0.1, -0.05) is 36.4 Å². The van der Waals surface area contributed by atoms with E-state index in [9.17, 15) is 13.6 Å². The number of Topliss-reactive ketones (excluding diaryl/α,β-unsaturated/α-hetero) is 1. The molecule has 1 unspecified atom stereocenters. The number of fused-ring (bicyclic) bond motifs is 1. The molecule has 2 aromatic rings. The van der Waals surface area contributed by atoms with E-state index in [-0.39, 0.29) is 17.8 Å². The fourth-order valence-corrected chi connectivity index (χ4v) is 2.63. The van der Waals surface area contributed by atoms with Gasteiger partial charge in [0.15, 0.2) is 17.4 Å². The normalized spacial score (nSPS) is 17.3. The summed E-state index contributed by atoms with van der Waals surface area (Å²) in [5.41, 5.74) is 1.96. The predicted molar refractivity (Wildman–Crippen MR) is 73.9 cm³/mol. The van der Waals surface area contributed by atoms with Crippen molar-refractivity contribution < 1.29 is 18.3 Å². The molecule has 1 aliphatic heterocycles. The number of carbonyl (C=O) groups is 1. The van der Waals surface area contributed by atoms with Crippen LogP contribution in [0.4, 0.5) is 8.78 Å². The number of halogens is 2. The van der Waals surface area contributed by atoms with Crippen molar-refractivity contribution in [2.24, 2.45) is 0 Å². The van der Waals surface area contributed by atoms with Crippen LogP contribution in [0.2, 0.25) is 0 Å². The molecule has 0 aliphatic carbocycles. The standard InChI is InChI=1S/C17H14F2O2/c18-14-7-3-5-12(16(14)19)10-15(20)17-13-6-2-1-4-11(13)8-9-21-17/h1-7,17H,8-10H2. The number of carbonyl (C=O) groups excluding carboxylic acids is 1. The lowest BCUT2D eigenvalue weighted by Gasteiger charge is -2.25. The van der Waals surface area contributed by atoms with Crippen LogP contribution < -0.4 is 0 Å². The summed E-state index contributed by atoms with van der Waals surface area (Å²) in [6.45, 7) is 0.457. The molecule has 0 saturated carbocycles. The largest absolute Gasteiger partial charge is 0.365 e. The second-order valence-electron chi connectivity index (χ2n) is 5.06. The number of benzene rings is 2. The maximum Gasteiger partial charge on any atom is 0.170 e. The highest BCUT2D eigenvalue weighted by molar-refractivity contribution is 5.87. The minimum absolute atomic E-state index is 0.0617. The Morgan fingerprint density at radius 3 is 2.81 bits per heavy atom. The molecule has 1 aliphatic rings. The highest BCUT2D eigenvalue weighted by Gasteiger charge is 2.27. The van der Waals surface area contributed by atoms with Gasteiger partial charge in [-0.05, 0) is 29.2 Å². The highest BCUT2D eigenvalue weighted by Crippen LogP contribution is 2.29. The minimum Gasteiger partial charge on any atom is -0.365 e. The zero-order valence-corrected chi connectivity index (χ0v) is 11.3. The van der Waals surface area contributed by atoms with Crippen LogP contribution in [0.5, 0.6) is 0 Å². The molecule has 2 nitrogen and oxygen atoms in total. The summed E-state index contributed by atoms with van der Waals surface area (Å²) in [6.07, 6.45) is -0.116. The lowest BCUT2D eigenvalue weighted by atomic mass is 9.93. The average Bonchev–Trinajstić information content (AvgIpc) is 2.51. The van der Waals surface area contributed by atoms with Gasteiger partial charge in [-0.25, -0.2) is 8.78 Å². The third kappa shape index (κ3) is 2.72. The first-order chi connectivity index (χ1) is 10.2.